The Morgan fingerprint density at radius 2 is 1.71 bits per heavy atom. The molecule has 0 bridgehead atoms. The van der Waals surface area contributed by atoms with E-state index in [0.29, 0.717) is 23.3 Å². The van der Waals surface area contributed by atoms with Crippen LogP contribution in [0.15, 0.2) is 29.2 Å². The number of nitrogens with one attached hydrogen (secondary N) is 2. The van der Waals surface area contributed by atoms with Gasteiger partial charge in [-0.2, -0.15) is 0 Å². The Bertz CT molecular complexity index is 734. The molecule has 6 nitrogen and oxygen atoms in total. The van der Waals surface area contributed by atoms with Gasteiger partial charge in [-0.15, -0.1) is 0 Å². The SMILES string of the molecule is N=C(N)NCCC1CCN(CS(=O)(=O)c2ccc(C3CCCCC3)cc2)CC1. The number of nitrogens with zero attached hydrogens (tertiary/aromatic N) is 1. The lowest BCUT2D eigenvalue weighted by atomic mass is 9.84. The molecule has 4 N–H and O–H groups in total. The Kier molecular flexibility index (Phi) is 7.35. The van der Waals surface area contributed by atoms with Crippen LogP contribution in [0.1, 0.15) is 62.8 Å². The topological polar surface area (TPSA) is 99.3 Å². The average Bonchev–Trinajstić information content (AvgIpc) is 2.70. The molecule has 2 fully saturated rings. The second kappa shape index (κ2) is 9.74. The molecule has 1 heterocycles. The van der Waals surface area contributed by atoms with Crippen LogP contribution in [0.3, 0.4) is 0 Å². The molecule has 0 atom stereocenters. The van der Waals surface area contributed by atoms with Crippen molar-refractivity contribution in [2.45, 2.75) is 62.2 Å². The van der Waals surface area contributed by atoms with E-state index in [1.807, 2.05) is 12.1 Å². The van der Waals surface area contributed by atoms with Crippen LogP contribution in [0, 0.1) is 11.3 Å². The summed E-state index contributed by atoms with van der Waals surface area (Å²) < 4.78 is 25.7. The van der Waals surface area contributed by atoms with E-state index >= 15 is 0 Å². The summed E-state index contributed by atoms with van der Waals surface area (Å²) in [6.07, 6.45) is 9.31. The summed E-state index contributed by atoms with van der Waals surface area (Å²) in [6, 6.07) is 7.66. The number of hydrogen-bond donors (Lipinski definition) is 3. The smallest absolute Gasteiger partial charge is 0.191 e. The predicted octanol–water partition coefficient (Wildman–Crippen LogP) is 3.05. The van der Waals surface area contributed by atoms with Gasteiger partial charge < -0.3 is 11.1 Å². The highest BCUT2D eigenvalue weighted by Gasteiger charge is 2.25. The fourth-order valence-corrected chi connectivity index (χ4v) is 5.95. The molecule has 3 rings (SSSR count). The van der Waals surface area contributed by atoms with Gasteiger partial charge in [0.1, 0.15) is 5.88 Å². The predicted molar refractivity (Wildman–Crippen MR) is 113 cm³/mol. The number of piperidine rings is 1. The zero-order chi connectivity index (χ0) is 20.0. The quantitative estimate of drug-likeness (QED) is 0.477. The summed E-state index contributed by atoms with van der Waals surface area (Å²) in [4.78, 5) is 2.50. The molecule has 1 aliphatic heterocycles. The Balaban J connectivity index is 1.49. The molecule has 1 saturated heterocycles. The molecule has 156 valence electrons. The van der Waals surface area contributed by atoms with Gasteiger partial charge in [0.2, 0.25) is 0 Å². The molecule has 0 radical (unpaired) electrons. The number of rotatable bonds is 7. The van der Waals surface area contributed by atoms with E-state index in [1.54, 1.807) is 12.1 Å². The normalized spacial score (nSPS) is 20.1. The second-order valence-corrected chi connectivity index (χ2v) is 10.3. The van der Waals surface area contributed by atoms with Crippen LogP contribution < -0.4 is 11.1 Å². The van der Waals surface area contributed by atoms with Gasteiger partial charge in [-0.3, -0.25) is 10.3 Å². The average molecular weight is 407 g/mol. The number of nitrogens with two attached hydrogens (primary N) is 1. The third kappa shape index (κ3) is 5.95. The molecule has 28 heavy (non-hydrogen) atoms. The van der Waals surface area contributed by atoms with Crippen molar-refractivity contribution in [3.8, 4) is 0 Å². The highest BCUT2D eigenvalue weighted by molar-refractivity contribution is 7.91. The maximum absolute atomic E-state index is 12.8. The minimum atomic E-state index is -3.28. The van der Waals surface area contributed by atoms with Crippen LogP contribution >= 0.6 is 0 Å². The molecule has 0 aromatic heterocycles. The molecule has 1 aliphatic carbocycles. The monoisotopic (exact) mass is 406 g/mol. The summed E-state index contributed by atoms with van der Waals surface area (Å²) in [5, 5.41) is 10.0. The zero-order valence-corrected chi connectivity index (χ0v) is 17.5. The molecule has 1 saturated carbocycles. The summed E-state index contributed by atoms with van der Waals surface area (Å²) >= 11 is 0. The van der Waals surface area contributed by atoms with E-state index in [0.717, 1.165) is 32.4 Å². The van der Waals surface area contributed by atoms with Crippen molar-refractivity contribution < 1.29 is 8.42 Å². The largest absolute Gasteiger partial charge is 0.370 e. The molecule has 2 aliphatic rings. The maximum atomic E-state index is 12.8. The van der Waals surface area contributed by atoms with E-state index in [4.69, 9.17) is 11.1 Å². The van der Waals surface area contributed by atoms with Gasteiger partial charge in [-0.1, -0.05) is 31.4 Å². The highest BCUT2D eigenvalue weighted by atomic mass is 32.2. The maximum Gasteiger partial charge on any atom is 0.191 e. The third-order valence-corrected chi connectivity index (χ3v) is 7.94. The van der Waals surface area contributed by atoms with Crippen molar-refractivity contribution in [1.29, 1.82) is 5.41 Å². The van der Waals surface area contributed by atoms with Crippen LogP contribution in [0.25, 0.3) is 0 Å². The second-order valence-electron chi connectivity index (χ2n) is 8.34. The molecule has 0 amide bonds. The number of hydrogen-bond acceptors (Lipinski definition) is 4. The summed E-state index contributed by atoms with van der Waals surface area (Å²) in [6.45, 7) is 2.33. The summed E-state index contributed by atoms with van der Waals surface area (Å²) in [7, 11) is -3.28. The van der Waals surface area contributed by atoms with E-state index in [1.165, 1.54) is 37.7 Å². The van der Waals surface area contributed by atoms with Crippen molar-refractivity contribution in [3.05, 3.63) is 29.8 Å². The lowest BCUT2D eigenvalue weighted by molar-refractivity contribution is 0.202. The van der Waals surface area contributed by atoms with Crippen molar-refractivity contribution in [2.24, 2.45) is 11.7 Å². The Hall–Kier alpha value is -1.60. The van der Waals surface area contributed by atoms with Gasteiger partial charge in [0.25, 0.3) is 0 Å². The lowest BCUT2D eigenvalue weighted by Crippen LogP contribution is -2.38. The molecular formula is C21H34N4O2S. The molecule has 0 spiro atoms. The molecular weight excluding hydrogens is 372 g/mol. The summed E-state index contributed by atoms with van der Waals surface area (Å²) in [5.41, 5.74) is 6.59. The first kappa shape index (κ1) is 21.1. The molecule has 0 unspecified atom stereocenters. The minimum absolute atomic E-state index is 0.0121. The van der Waals surface area contributed by atoms with Crippen molar-refractivity contribution in [3.63, 3.8) is 0 Å². The lowest BCUT2D eigenvalue weighted by Gasteiger charge is -2.31. The fraction of sp³-hybridized carbons (Fsp3) is 0.667. The van der Waals surface area contributed by atoms with Crippen LogP contribution in [0.2, 0.25) is 0 Å². The standard InChI is InChI=1S/C21H34N4O2S/c22-21(23)24-13-10-17-11-14-25(15-12-17)16-28(26,27)20-8-6-19(7-9-20)18-4-2-1-3-5-18/h6-9,17-18H,1-5,10-16H2,(H4,22,23,24). The minimum Gasteiger partial charge on any atom is -0.370 e. The highest BCUT2D eigenvalue weighted by Crippen LogP contribution is 2.33. The van der Waals surface area contributed by atoms with Gasteiger partial charge in [0.15, 0.2) is 15.8 Å². The number of benzene rings is 1. The fourth-order valence-electron chi connectivity index (χ4n) is 4.51. The third-order valence-electron chi connectivity index (χ3n) is 6.24. The number of sulfone groups is 1. The Labute approximate surface area is 169 Å². The van der Waals surface area contributed by atoms with Crippen molar-refractivity contribution in [2.75, 3.05) is 25.5 Å². The first-order valence-corrected chi connectivity index (χ1v) is 12.2. The van der Waals surface area contributed by atoms with Crippen LogP contribution in [0.4, 0.5) is 0 Å². The first-order valence-electron chi connectivity index (χ1n) is 10.6. The van der Waals surface area contributed by atoms with Crippen LogP contribution in [0.5, 0.6) is 0 Å². The number of likely N-dealkylation sites (tertiary alicyclic amines) is 1. The van der Waals surface area contributed by atoms with Crippen LogP contribution in [-0.4, -0.2) is 44.8 Å². The molecule has 1 aromatic carbocycles. The van der Waals surface area contributed by atoms with Crippen molar-refractivity contribution >= 4 is 15.8 Å². The van der Waals surface area contributed by atoms with Crippen LogP contribution in [-0.2, 0) is 9.84 Å². The van der Waals surface area contributed by atoms with E-state index in [-0.39, 0.29) is 11.8 Å². The van der Waals surface area contributed by atoms with E-state index in [9.17, 15) is 8.42 Å². The van der Waals surface area contributed by atoms with Gasteiger partial charge in [-0.25, -0.2) is 8.42 Å². The van der Waals surface area contributed by atoms with Gasteiger partial charge >= 0.3 is 0 Å². The van der Waals surface area contributed by atoms with Gasteiger partial charge in [0.05, 0.1) is 4.90 Å². The zero-order valence-electron chi connectivity index (χ0n) is 16.7. The Morgan fingerprint density at radius 1 is 1.07 bits per heavy atom. The van der Waals surface area contributed by atoms with Gasteiger partial charge in [-0.05, 0) is 74.7 Å². The first-order chi connectivity index (χ1) is 13.4. The van der Waals surface area contributed by atoms with E-state index in [2.05, 4.69) is 10.2 Å². The summed E-state index contributed by atoms with van der Waals surface area (Å²) in [5.74, 6) is 1.29. The number of guanidine groups is 1. The Morgan fingerprint density at radius 3 is 2.32 bits per heavy atom. The van der Waals surface area contributed by atoms with Gasteiger partial charge in [0, 0.05) is 6.54 Å². The van der Waals surface area contributed by atoms with Crippen molar-refractivity contribution in [1.82, 2.24) is 10.2 Å². The molecule has 7 heteroatoms. The van der Waals surface area contributed by atoms with E-state index < -0.39 is 9.84 Å². The molecule has 1 aromatic rings.